The summed E-state index contributed by atoms with van der Waals surface area (Å²) in [4.78, 5) is 32.1. The van der Waals surface area contributed by atoms with Crippen LogP contribution in [0.2, 0.25) is 0 Å². The molecule has 0 saturated carbocycles. The first-order valence-electron chi connectivity index (χ1n) is 7.99. The van der Waals surface area contributed by atoms with E-state index in [2.05, 4.69) is 10.3 Å². The molecule has 1 aliphatic rings. The molecule has 0 bridgehead atoms. The number of rotatable bonds is 2. The molecule has 0 aliphatic carbocycles. The largest absolute Gasteiger partial charge is 0.333 e. The van der Waals surface area contributed by atoms with Gasteiger partial charge in [0.15, 0.2) is 5.13 Å². The van der Waals surface area contributed by atoms with E-state index in [0.717, 1.165) is 17.0 Å². The second-order valence-electron chi connectivity index (χ2n) is 6.94. The van der Waals surface area contributed by atoms with Crippen molar-refractivity contribution in [1.29, 1.82) is 0 Å². The molecular formula is C18H21N3O2S. The smallest absolute Gasteiger partial charge is 0.254 e. The van der Waals surface area contributed by atoms with Crippen molar-refractivity contribution in [2.45, 2.75) is 33.7 Å². The highest BCUT2D eigenvalue weighted by Gasteiger charge is 2.27. The summed E-state index contributed by atoms with van der Waals surface area (Å²) in [6.45, 7) is 6.81. The zero-order valence-electron chi connectivity index (χ0n) is 14.1. The Bertz CT molecular complexity index is 762. The quantitative estimate of drug-likeness (QED) is 0.910. The fourth-order valence-corrected chi connectivity index (χ4v) is 3.49. The molecule has 1 N–H and O–H groups in total. The number of anilines is 1. The van der Waals surface area contributed by atoms with Crippen LogP contribution in [0.15, 0.2) is 30.3 Å². The average Bonchev–Trinajstić information content (AvgIpc) is 2.95. The lowest BCUT2D eigenvalue weighted by Gasteiger charge is -2.26. The van der Waals surface area contributed by atoms with Gasteiger partial charge in [-0.05, 0) is 12.1 Å². The highest BCUT2D eigenvalue weighted by Crippen LogP contribution is 2.30. The molecule has 126 valence electrons. The van der Waals surface area contributed by atoms with Gasteiger partial charge in [-0.1, -0.05) is 50.3 Å². The molecule has 1 aromatic heterocycles. The van der Waals surface area contributed by atoms with Crippen molar-refractivity contribution >= 4 is 28.3 Å². The highest BCUT2D eigenvalue weighted by molar-refractivity contribution is 7.15. The van der Waals surface area contributed by atoms with Crippen LogP contribution in [0.25, 0.3) is 0 Å². The van der Waals surface area contributed by atoms with E-state index >= 15 is 0 Å². The van der Waals surface area contributed by atoms with Crippen molar-refractivity contribution in [3.63, 3.8) is 0 Å². The lowest BCUT2D eigenvalue weighted by Crippen LogP contribution is -2.35. The number of carbonyl (C=O) groups is 2. The van der Waals surface area contributed by atoms with Gasteiger partial charge in [0, 0.05) is 28.8 Å². The molecule has 5 nitrogen and oxygen atoms in total. The van der Waals surface area contributed by atoms with Crippen molar-refractivity contribution in [2.24, 2.45) is 5.41 Å². The lowest BCUT2D eigenvalue weighted by molar-refractivity contribution is -0.123. The molecule has 2 amide bonds. The van der Waals surface area contributed by atoms with Crippen LogP contribution in [-0.2, 0) is 17.8 Å². The standard InChI is InChI=1S/C18H21N3O2S/c1-18(2,3)16(23)20-17-19-13-9-10-21(11-14(13)24-17)15(22)12-7-5-4-6-8-12/h4-8H,9-11H2,1-3H3,(H,19,20,23). The summed E-state index contributed by atoms with van der Waals surface area (Å²) in [7, 11) is 0. The van der Waals surface area contributed by atoms with Gasteiger partial charge >= 0.3 is 0 Å². The number of carbonyl (C=O) groups excluding carboxylic acids is 2. The first-order valence-corrected chi connectivity index (χ1v) is 8.80. The third kappa shape index (κ3) is 3.48. The van der Waals surface area contributed by atoms with Gasteiger partial charge in [0.05, 0.1) is 12.2 Å². The zero-order chi connectivity index (χ0) is 17.3. The third-order valence-corrected chi connectivity index (χ3v) is 4.94. The van der Waals surface area contributed by atoms with Gasteiger partial charge in [0.2, 0.25) is 5.91 Å². The fraction of sp³-hybridized carbons (Fsp3) is 0.389. The second-order valence-corrected chi connectivity index (χ2v) is 8.02. The Morgan fingerprint density at radius 3 is 2.58 bits per heavy atom. The molecule has 3 rings (SSSR count). The van der Waals surface area contributed by atoms with Crippen LogP contribution in [-0.4, -0.2) is 28.2 Å². The molecule has 6 heteroatoms. The maximum atomic E-state index is 12.6. The zero-order valence-corrected chi connectivity index (χ0v) is 14.9. The predicted octanol–water partition coefficient (Wildman–Crippen LogP) is 3.33. The Morgan fingerprint density at radius 1 is 1.21 bits per heavy atom. The Labute approximate surface area is 145 Å². The van der Waals surface area contributed by atoms with Crippen LogP contribution in [0.5, 0.6) is 0 Å². The number of hydrogen-bond acceptors (Lipinski definition) is 4. The molecule has 24 heavy (non-hydrogen) atoms. The van der Waals surface area contributed by atoms with Crippen LogP contribution >= 0.6 is 11.3 Å². The maximum absolute atomic E-state index is 12.6. The second kappa shape index (κ2) is 6.36. The van der Waals surface area contributed by atoms with Gasteiger partial charge < -0.3 is 10.2 Å². The number of amides is 2. The number of fused-ring (bicyclic) bond motifs is 1. The maximum Gasteiger partial charge on any atom is 0.254 e. The van der Waals surface area contributed by atoms with Crippen molar-refractivity contribution in [1.82, 2.24) is 9.88 Å². The van der Waals surface area contributed by atoms with Crippen LogP contribution in [0.3, 0.4) is 0 Å². The highest BCUT2D eigenvalue weighted by atomic mass is 32.1. The number of benzene rings is 1. The van der Waals surface area contributed by atoms with Crippen molar-refractivity contribution in [3.8, 4) is 0 Å². The van der Waals surface area contributed by atoms with E-state index in [0.29, 0.717) is 23.8 Å². The van der Waals surface area contributed by atoms with Gasteiger partial charge in [-0.2, -0.15) is 0 Å². The topological polar surface area (TPSA) is 62.3 Å². The third-order valence-electron chi connectivity index (χ3n) is 3.94. The SMILES string of the molecule is CC(C)(C)C(=O)Nc1nc2c(s1)CN(C(=O)c1ccccc1)CC2. The van der Waals surface area contributed by atoms with E-state index in [1.807, 2.05) is 56.0 Å². The molecular weight excluding hydrogens is 322 g/mol. The van der Waals surface area contributed by atoms with Crippen LogP contribution in [0.4, 0.5) is 5.13 Å². The van der Waals surface area contributed by atoms with E-state index in [-0.39, 0.29) is 11.8 Å². The van der Waals surface area contributed by atoms with Gasteiger partial charge in [0.25, 0.3) is 5.91 Å². The van der Waals surface area contributed by atoms with Crippen molar-refractivity contribution < 1.29 is 9.59 Å². The summed E-state index contributed by atoms with van der Waals surface area (Å²) in [6, 6.07) is 9.31. The van der Waals surface area contributed by atoms with Gasteiger partial charge in [-0.15, -0.1) is 0 Å². The minimum absolute atomic E-state index is 0.0370. The van der Waals surface area contributed by atoms with E-state index in [1.165, 1.54) is 11.3 Å². The molecule has 0 fully saturated rings. The first kappa shape index (κ1) is 16.6. The van der Waals surface area contributed by atoms with E-state index in [1.54, 1.807) is 0 Å². The molecule has 0 radical (unpaired) electrons. The van der Waals surface area contributed by atoms with Crippen molar-refractivity contribution in [3.05, 3.63) is 46.5 Å². The number of hydrogen-bond donors (Lipinski definition) is 1. The average molecular weight is 343 g/mol. The summed E-state index contributed by atoms with van der Waals surface area (Å²) in [5.41, 5.74) is 1.23. The molecule has 0 spiro atoms. The van der Waals surface area contributed by atoms with E-state index in [4.69, 9.17) is 0 Å². The number of aromatic nitrogens is 1. The first-order chi connectivity index (χ1) is 11.3. The number of thiazole rings is 1. The normalized spacial score (nSPS) is 14.2. The summed E-state index contributed by atoms with van der Waals surface area (Å²) in [5.74, 6) is -0.0132. The summed E-state index contributed by atoms with van der Waals surface area (Å²) in [6.07, 6.45) is 0.718. The Balaban J connectivity index is 1.72. The molecule has 0 unspecified atom stereocenters. The van der Waals surface area contributed by atoms with Crippen LogP contribution in [0, 0.1) is 5.41 Å². The fourth-order valence-electron chi connectivity index (χ4n) is 2.47. The molecule has 2 aromatic rings. The minimum atomic E-state index is -0.457. The molecule has 0 saturated heterocycles. The van der Waals surface area contributed by atoms with Crippen LogP contribution in [0.1, 0.15) is 41.7 Å². The summed E-state index contributed by atoms with van der Waals surface area (Å²) in [5, 5.41) is 3.50. The molecule has 1 aliphatic heterocycles. The molecule has 1 aromatic carbocycles. The number of nitrogens with zero attached hydrogens (tertiary/aromatic N) is 2. The predicted molar refractivity (Wildman–Crippen MR) is 95.1 cm³/mol. The number of nitrogens with one attached hydrogen (secondary N) is 1. The molecule has 0 atom stereocenters. The van der Waals surface area contributed by atoms with Gasteiger partial charge in [-0.3, -0.25) is 9.59 Å². The summed E-state index contributed by atoms with van der Waals surface area (Å²) < 4.78 is 0. The van der Waals surface area contributed by atoms with Crippen molar-refractivity contribution in [2.75, 3.05) is 11.9 Å². The monoisotopic (exact) mass is 343 g/mol. The Hall–Kier alpha value is -2.21. The van der Waals surface area contributed by atoms with E-state index < -0.39 is 5.41 Å². The van der Waals surface area contributed by atoms with E-state index in [9.17, 15) is 9.59 Å². The minimum Gasteiger partial charge on any atom is -0.333 e. The van der Waals surface area contributed by atoms with Crippen LogP contribution < -0.4 is 5.32 Å². The Kier molecular flexibility index (Phi) is 4.41. The lowest BCUT2D eigenvalue weighted by atomic mass is 9.96. The molecule has 2 heterocycles. The summed E-state index contributed by atoms with van der Waals surface area (Å²) >= 11 is 1.46. The van der Waals surface area contributed by atoms with Gasteiger partial charge in [0.1, 0.15) is 0 Å². The Morgan fingerprint density at radius 2 is 1.92 bits per heavy atom. The van der Waals surface area contributed by atoms with Gasteiger partial charge in [-0.25, -0.2) is 4.98 Å².